The molecule has 0 spiro atoms. The number of alkyl halides is 3. The molecule has 2 N–H and O–H groups in total. The molecule has 1 aliphatic heterocycles. The number of aromatic nitrogens is 3. The predicted molar refractivity (Wildman–Crippen MR) is 128 cm³/mol. The van der Waals surface area contributed by atoms with Crippen molar-refractivity contribution < 1.29 is 18.0 Å². The van der Waals surface area contributed by atoms with Gasteiger partial charge in [0.25, 0.3) is 5.56 Å². The fourth-order valence-electron chi connectivity index (χ4n) is 4.84. The number of carbonyl (C=O) groups is 1. The van der Waals surface area contributed by atoms with Crippen LogP contribution in [-0.2, 0) is 17.8 Å². The highest BCUT2D eigenvalue weighted by molar-refractivity contribution is 5.96. The third-order valence-corrected chi connectivity index (χ3v) is 6.55. The normalized spacial score (nSPS) is 16.3. The van der Waals surface area contributed by atoms with Gasteiger partial charge in [-0.25, -0.2) is 0 Å². The highest BCUT2D eigenvalue weighted by Gasteiger charge is 2.47. The first-order valence-electron chi connectivity index (χ1n) is 11.5. The number of rotatable bonds is 5. The SMILES string of the molecule is CCc1cc(Nc2cccc3ccn(CC(=O)N4CCC[C@H]4C(F)(F)F)c(=O)c23)cc2cn[nH]c12. The van der Waals surface area contributed by atoms with Gasteiger partial charge in [-0.1, -0.05) is 19.1 Å². The third-order valence-electron chi connectivity index (χ3n) is 6.55. The summed E-state index contributed by atoms with van der Waals surface area (Å²) in [6.07, 6.45) is -0.335. The van der Waals surface area contributed by atoms with E-state index in [1.165, 1.54) is 10.8 Å². The summed E-state index contributed by atoms with van der Waals surface area (Å²) in [7, 11) is 0. The van der Waals surface area contributed by atoms with Gasteiger partial charge in [-0.3, -0.25) is 14.7 Å². The number of benzene rings is 2. The average Bonchev–Trinajstić information content (AvgIpc) is 3.50. The van der Waals surface area contributed by atoms with Crippen LogP contribution in [0.5, 0.6) is 0 Å². The number of hydrogen-bond acceptors (Lipinski definition) is 4. The first-order valence-corrected chi connectivity index (χ1v) is 11.5. The zero-order valence-electron chi connectivity index (χ0n) is 19.0. The van der Waals surface area contributed by atoms with Crippen molar-refractivity contribution >= 4 is 39.0 Å². The first-order chi connectivity index (χ1) is 16.8. The minimum Gasteiger partial charge on any atom is -0.355 e. The molecule has 1 atom stereocenters. The quantitative estimate of drug-likeness (QED) is 0.430. The van der Waals surface area contributed by atoms with Crippen LogP contribution in [0.1, 0.15) is 25.3 Å². The topological polar surface area (TPSA) is 83.0 Å². The standard InChI is InChI=1S/C25H24F3N5O2/c1-2-15-11-18(12-17-13-29-31-23(15)17)30-19-6-3-5-16-8-10-32(24(35)22(16)19)14-21(34)33-9-4-7-20(33)25(26,27)28/h3,5-6,8,10-13,20,30H,2,4,7,9,14H2,1H3,(H,29,31)/t20-/m0/s1. The van der Waals surface area contributed by atoms with Gasteiger partial charge < -0.3 is 14.8 Å². The maximum Gasteiger partial charge on any atom is 0.408 e. The lowest BCUT2D eigenvalue weighted by Gasteiger charge is -2.26. The Labute approximate surface area is 198 Å². The van der Waals surface area contributed by atoms with Crippen LogP contribution in [0, 0.1) is 0 Å². The lowest BCUT2D eigenvalue weighted by molar-refractivity contribution is -0.183. The number of aryl methyl sites for hydroxylation is 1. The van der Waals surface area contributed by atoms with Gasteiger partial charge >= 0.3 is 6.18 Å². The second-order valence-corrected chi connectivity index (χ2v) is 8.75. The molecule has 1 fully saturated rings. The molecule has 5 rings (SSSR count). The summed E-state index contributed by atoms with van der Waals surface area (Å²) in [5.41, 5.74) is 2.90. The van der Waals surface area contributed by atoms with Crippen molar-refractivity contribution in [2.45, 2.75) is 44.9 Å². The summed E-state index contributed by atoms with van der Waals surface area (Å²) >= 11 is 0. The number of fused-ring (bicyclic) bond motifs is 2. The molecule has 0 saturated carbocycles. The van der Waals surface area contributed by atoms with Crippen LogP contribution >= 0.6 is 0 Å². The molecule has 4 aromatic rings. The number of carbonyl (C=O) groups excluding carboxylic acids is 1. The van der Waals surface area contributed by atoms with Crippen molar-refractivity contribution in [1.29, 1.82) is 0 Å². The maximum absolute atomic E-state index is 13.4. The molecule has 7 nitrogen and oxygen atoms in total. The molecule has 182 valence electrons. The fourth-order valence-corrected chi connectivity index (χ4v) is 4.84. The number of halogens is 3. The molecule has 3 heterocycles. The number of nitrogens with zero attached hydrogens (tertiary/aromatic N) is 3. The molecule has 0 aliphatic carbocycles. The molecule has 10 heteroatoms. The number of likely N-dealkylation sites (tertiary alicyclic amines) is 1. The Balaban J connectivity index is 1.49. The molecule has 35 heavy (non-hydrogen) atoms. The van der Waals surface area contributed by atoms with E-state index in [2.05, 4.69) is 15.5 Å². The van der Waals surface area contributed by atoms with Crippen LogP contribution in [0.25, 0.3) is 21.7 Å². The number of amides is 1. The predicted octanol–water partition coefficient (Wildman–Crippen LogP) is 4.74. The van der Waals surface area contributed by atoms with Gasteiger partial charge in [0.2, 0.25) is 5.91 Å². The molecule has 2 aromatic carbocycles. The van der Waals surface area contributed by atoms with Gasteiger partial charge in [0.1, 0.15) is 12.6 Å². The van der Waals surface area contributed by atoms with E-state index in [-0.39, 0.29) is 19.4 Å². The highest BCUT2D eigenvalue weighted by Crippen LogP contribution is 2.33. The number of H-pyrrole nitrogens is 1. The third kappa shape index (κ3) is 4.24. The fraction of sp³-hybridized carbons (Fsp3) is 0.320. The summed E-state index contributed by atoms with van der Waals surface area (Å²) in [5.74, 6) is -0.713. The first kappa shape index (κ1) is 22.9. The van der Waals surface area contributed by atoms with Crippen LogP contribution in [0.3, 0.4) is 0 Å². The van der Waals surface area contributed by atoms with Gasteiger partial charge in [-0.05, 0) is 54.5 Å². The monoisotopic (exact) mass is 483 g/mol. The highest BCUT2D eigenvalue weighted by atomic mass is 19.4. The molecular formula is C25H24F3N5O2. The Morgan fingerprint density at radius 2 is 2.06 bits per heavy atom. The van der Waals surface area contributed by atoms with Crippen molar-refractivity contribution in [1.82, 2.24) is 19.7 Å². The van der Waals surface area contributed by atoms with E-state index in [9.17, 15) is 22.8 Å². The minimum absolute atomic E-state index is 0.0361. The molecule has 1 amide bonds. The molecule has 0 radical (unpaired) electrons. The molecular weight excluding hydrogens is 459 g/mol. The lowest BCUT2D eigenvalue weighted by Crippen LogP contribution is -2.46. The zero-order valence-corrected chi connectivity index (χ0v) is 19.0. The van der Waals surface area contributed by atoms with Crippen molar-refractivity contribution in [2.75, 3.05) is 11.9 Å². The second kappa shape index (κ2) is 8.75. The average molecular weight is 483 g/mol. The van der Waals surface area contributed by atoms with Crippen LogP contribution in [0.15, 0.2) is 53.6 Å². The number of anilines is 2. The summed E-state index contributed by atoms with van der Waals surface area (Å²) < 4.78 is 41.1. The van der Waals surface area contributed by atoms with Crippen LogP contribution in [0.4, 0.5) is 24.5 Å². The van der Waals surface area contributed by atoms with E-state index in [0.717, 1.165) is 33.5 Å². The molecule has 1 aliphatic rings. The van der Waals surface area contributed by atoms with E-state index in [1.54, 1.807) is 24.4 Å². The summed E-state index contributed by atoms with van der Waals surface area (Å²) in [6, 6.07) is 9.16. The second-order valence-electron chi connectivity index (χ2n) is 8.75. The number of nitrogens with one attached hydrogen (secondary N) is 2. The van der Waals surface area contributed by atoms with Crippen LogP contribution < -0.4 is 10.9 Å². The summed E-state index contributed by atoms with van der Waals surface area (Å²) in [6.45, 7) is 1.63. The molecule has 1 saturated heterocycles. The Kier molecular flexibility index (Phi) is 5.74. The Morgan fingerprint density at radius 3 is 2.83 bits per heavy atom. The maximum atomic E-state index is 13.4. The molecule has 0 unspecified atom stereocenters. The van der Waals surface area contributed by atoms with Gasteiger partial charge in [0.05, 0.1) is 22.8 Å². The van der Waals surface area contributed by atoms with Crippen molar-refractivity contribution in [2.24, 2.45) is 0 Å². The molecule has 0 bridgehead atoms. The Bertz CT molecular complexity index is 1470. The lowest BCUT2D eigenvalue weighted by atomic mass is 10.1. The van der Waals surface area contributed by atoms with Gasteiger partial charge in [0.15, 0.2) is 0 Å². The van der Waals surface area contributed by atoms with Gasteiger partial charge in [0, 0.05) is 23.8 Å². The van der Waals surface area contributed by atoms with E-state index in [0.29, 0.717) is 16.5 Å². The summed E-state index contributed by atoms with van der Waals surface area (Å²) in [5, 5.41) is 12.4. The van der Waals surface area contributed by atoms with Crippen LogP contribution in [0.2, 0.25) is 0 Å². The Hall–Kier alpha value is -3.82. The minimum atomic E-state index is -4.48. The van der Waals surface area contributed by atoms with E-state index in [4.69, 9.17) is 0 Å². The largest absolute Gasteiger partial charge is 0.408 e. The van der Waals surface area contributed by atoms with Crippen molar-refractivity contribution in [3.05, 3.63) is 64.7 Å². The molecule has 2 aromatic heterocycles. The van der Waals surface area contributed by atoms with Gasteiger partial charge in [-0.15, -0.1) is 0 Å². The smallest absolute Gasteiger partial charge is 0.355 e. The van der Waals surface area contributed by atoms with Crippen molar-refractivity contribution in [3.63, 3.8) is 0 Å². The zero-order chi connectivity index (χ0) is 24.7. The Morgan fingerprint density at radius 1 is 1.23 bits per heavy atom. The van der Waals surface area contributed by atoms with Gasteiger partial charge in [-0.2, -0.15) is 18.3 Å². The van der Waals surface area contributed by atoms with E-state index >= 15 is 0 Å². The van der Waals surface area contributed by atoms with E-state index in [1.807, 2.05) is 25.1 Å². The summed E-state index contributed by atoms with van der Waals surface area (Å²) in [4.78, 5) is 27.0. The number of aromatic amines is 1. The number of hydrogen-bond donors (Lipinski definition) is 2. The number of pyridine rings is 1. The van der Waals surface area contributed by atoms with Crippen LogP contribution in [-0.4, -0.2) is 44.3 Å². The van der Waals surface area contributed by atoms with Crippen molar-refractivity contribution in [3.8, 4) is 0 Å². The van der Waals surface area contributed by atoms with E-state index < -0.39 is 30.2 Å².